The van der Waals surface area contributed by atoms with Crippen molar-refractivity contribution in [2.45, 2.75) is 19.8 Å². The largest absolute Gasteiger partial charge is 0.355 e. The second kappa shape index (κ2) is 9.14. The first-order chi connectivity index (χ1) is 13.5. The van der Waals surface area contributed by atoms with Crippen LogP contribution in [0.25, 0.3) is 0 Å². The van der Waals surface area contributed by atoms with Crippen molar-refractivity contribution >= 4 is 23.4 Å². The van der Waals surface area contributed by atoms with Gasteiger partial charge in [-0.25, -0.2) is 4.39 Å². The number of para-hydroxylation sites is 1. The first-order valence-corrected chi connectivity index (χ1v) is 9.82. The van der Waals surface area contributed by atoms with Crippen molar-refractivity contribution in [3.8, 4) is 0 Å². The Morgan fingerprint density at radius 1 is 1.18 bits per heavy atom. The van der Waals surface area contributed by atoms with Crippen LogP contribution in [-0.4, -0.2) is 73.3 Å². The zero-order valence-electron chi connectivity index (χ0n) is 16.2. The molecule has 1 N–H and O–H groups in total. The van der Waals surface area contributed by atoms with Crippen LogP contribution < -0.4 is 10.2 Å². The van der Waals surface area contributed by atoms with Gasteiger partial charge in [0.05, 0.1) is 18.2 Å². The highest BCUT2D eigenvalue weighted by molar-refractivity contribution is 6.00. The second-order valence-electron chi connectivity index (χ2n) is 7.27. The van der Waals surface area contributed by atoms with Gasteiger partial charge in [-0.1, -0.05) is 12.1 Å². The third-order valence-electron chi connectivity index (χ3n) is 5.26. The van der Waals surface area contributed by atoms with E-state index in [4.69, 9.17) is 0 Å². The van der Waals surface area contributed by atoms with E-state index in [1.54, 1.807) is 23.1 Å². The molecule has 0 aromatic heterocycles. The van der Waals surface area contributed by atoms with E-state index in [0.29, 0.717) is 32.7 Å². The zero-order chi connectivity index (χ0) is 20.1. The summed E-state index contributed by atoms with van der Waals surface area (Å²) in [4.78, 5) is 42.3. The molecular weight excluding hydrogens is 363 g/mol. The number of carbonyl (C=O) groups excluding carboxylic acids is 3. The van der Waals surface area contributed by atoms with Crippen LogP contribution in [0.4, 0.5) is 10.1 Å². The number of hydrogen-bond acceptors (Lipinski definition) is 4. The van der Waals surface area contributed by atoms with Crippen molar-refractivity contribution in [3.63, 3.8) is 0 Å². The van der Waals surface area contributed by atoms with Crippen LogP contribution in [0.3, 0.4) is 0 Å². The van der Waals surface area contributed by atoms with E-state index >= 15 is 0 Å². The predicted octanol–water partition coefficient (Wildman–Crippen LogP) is 0.849. The topological polar surface area (TPSA) is 73.0 Å². The molecule has 0 saturated carbocycles. The Labute approximate surface area is 164 Å². The minimum atomic E-state index is -0.459. The van der Waals surface area contributed by atoms with Gasteiger partial charge in [-0.05, 0) is 25.5 Å². The summed E-state index contributed by atoms with van der Waals surface area (Å²) in [5.41, 5.74) is 0.228. The molecule has 2 aliphatic heterocycles. The number of nitrogens with one attached hydrogen (secondary N) is 1. The maximum absolute atomic E-state index is 14.0. The molecule has 0 aliphatic carbocycles. The van der Waals surface area contributed by atoms with Gasteiger partial charge in [0.15, 0.2) is 0 Å². The fourth-order valence-corrected chi connectivity index (χ4v) is 3.84. The lowest BCUT2D eigenvalue weighted by Crippen LogP contribution is -2.41. The standard InChI is InChI=1S/C20H27FN4O3/c1-2-22-18(26)14-23-8-5-9-24(11-10-23)20(28)15-12-19(27)25(13-15)17-7-4-3-6-16(17)21/h3-4,6-7,15H,2,5,8-14H2,1H3,(H,22,26). The molecule has 7 nitrogen and oxygen atoms in total. The average Bonchev–Trinajstić information content (AvgIpc) is 2.90. The normalized spacial score (nSPS) is 20.9. The molecule has 1 unspecified atom stereocenters. The van der Waals surface area contributed by atoms with Crippen LogP contribution in [0.2, 0.25) is 0 Å². The van der Waals surface area contributed by atoms with E-state index in [1.807, 2.05) is 11.8 Å². The number of likely N-dealkylation sites (N-methyl/N-ethyl adjacent to an activating group) is 1. The minimum absolute atomic E-state index is 0.0100. The molecule has 28 heavy (non-hydrogen) atoms. The summed E-state index contributed by atoms with van der Waals surface area (Å²) in [6.45, 7) is 5.54. The Hall–Kier alpha value is -2.48. The first kappa shape index (κ1) is 20.3. The summed E-state index contributed by atoms with van der Waals surface area (Å²) in [6.07, 6.45) is 0.884. The fourth-order valence-electron chi connectivity index (χ4n) is 3.84. The summed E-state index contributed by atoms with van der Waals surface area (Å²) in [5, 5.41) is 2.79. The quantitative estimate of drug-likeness (QED) is 0.809. The van der Waals surface area contributed by atoms with Gasteiger partial charge in [0.1, 0.15) is 5.82 Å². The first-order valence-electron chi connectivity index (χ1n) is 9.82. The van der Waals surface area contributed by atoms with Crippen LogP contribution in [0, 0.1) is 11.7 Å². The molecule has 1 atom stereocenters. The summed E-state index contributed by atoms with van der Waals surface area (Å²) in [7, 11) is 0. The van der Waals surface area contributed by atoms with Crippen LogP contribution in [0.15, 0.2) is 24.3 Å². The molecule has 2 saturated heterocycles. The monoisotopic (exact) mass is 390 g/mol. The third-order valence-corrected chi connectivity index (χ3v) is 5.26. The van der Waals surface area contributed by atoms with E-state index in [9.17, 15) is 18.8 Å². The Morgan fingerprint density at radius 2 is 1.96 bits per heavy atom. The molecule has 152 valence electrons. The fraction of sp³-hybridized carbons (Fsp3) is 0.550. The lowest BCUT2D eigenvalue weighted by molar-refractivity contribution is -0.135. The van der Waals surface area contributed by atoms with Crippen molar-refractivity contribution in [2.75, 3.05) is 50.7 Å². The van der Waals surface area contributed by atoms with Crippen LogP contribution in [-0.2, 0) is 14.4 Å². The number of halogens is 1. The second-order valence-corrected chi connectivity index (χ2v) is 7.27. The lowest BCUT2D eigenvalue weighted by Gasteiger charge is -2.24. The van der Waals surface area contributed by atoms with Crippen molar-refractivity contribution in [2.24, 2.45) is 5.92 Å². The Balaban J connectivity index is 1.58. The third kappa shape index (κ3) is 4.67. The Morgan fingerprint density at radius 3 is 2.71 bits per heavy atom. The molecular formula is C20H27FN4O3. The number of rotatable bonds is 5. The van der Waals surface area contributed by atoms with Crippen molar-refractivity contribution in [3.05, 3.63) is 30.1 Å². The maximum Gasteiger partial charge on any atom is 0.234 e. The molecule has 2 heterocycles. The van der Waals surface area contributed by atoms with Gasteiger partial charge < -0.3 is 15.1 Å². The Kier molecular flexibility index (Phi) is 6.61. The van der Waals surface area contributed by atoms with E-state index in [0.717, 1.165) is 13.0 Å². The van der Waals surface area contributed by atoms with E-state index < -0.39 is 11.7 Å². The van der Waals surface area contributed by atoms with Gasteiger partial charge in [-0.15, -0.1) is 0 Å². The molecule has 8 heteroatoms. The van der Waals surface area contributed by atoms with Gasteiger partial charge in [0.25, 0.3) is 0 Å². The summed E-state index contributed by atoms with van der Waals surface area (Å²) in [6, 6.07) is 6.13. The number of amides is 3. The molecule has 1 aromatic rings. The predicted molar refractivity (Wildman–Crippen MR) is 103 cm³/mol. The number of anilines is 1. The smallest absolute Gasteiger partial charge is 0.234 e. The van der Waals surface area contributed by atoms with Gasteiger partial charge in [0.2, 0.25) is 17.7 Å². The molecule has 2 aliphatic rings. The van der Waals surface area contributed by atoms with E-state index in [1.165, 1.54) is 11.0 Å². The minimum Gasteiger partial charge on any atom is -0.355 e. The molecule has 0 bridgehead atoms. The highest BCUT2D eigenvalue weighted by atomic mass is 19.1. The van der Waals surface area contributed by atoms with Gasteiger partial charge in [-0.3, -0.25) is 19.3 Å². The number of carbonyl (C=O) groups is 3. The zero-order valence-corrected chi connectivity index (χ0v) is 16.2. The molecule has 2 fully saturated rings. The van der Waals surface area contributed by atoms with Crippen molar-refractivity contribution in [1.82, 2.24) is 15.1 Å². The summed E-state index contributed by atoms with van der Waals surface area (Å²) in [5.74, 6) is -1.21. The molecule has 0 radical (unpaired) electrons. The SMILES string of the molecule is CCNC(=O)CN1CCCN(C(=O)C2CC(=O)N(c3ccccc3F)C2)CC1. The van der Waals surface area contributed by atoms with Gasteiger partial charge >= 0.3 is 0 Å². The molecule has 0 spiro atoms. The number of benzene rings is 1. The highest BCUT2D eigenvalue weighted by Gasteiger charge is 2.38. The van der Waals surface area contributed by atoms with Crippen LogP contribution >= 0.6 is 0 Å². The molecule has 1 aromatic carbocycles. The highest BCUT2D eigenvalue weighted by Crippen LogP contribution is 2.28. The molecule has 3 rings (SSSR count). The van der Waals surface area contributed by atoms with Gasteiger partial charge in [-0.2, -0.15) is 0 Å². The lowest BCUT2D eigenvalue weighted by atomic mass is 10.1. The van der Waals surface area contributed by atoms with Crippen molar-refractivity contribution < 1.29 is 18.8 Å². The average molecular weight is 390 g/mol. The molecule has 3 amide bonds. The Bertz CT molecular complexity index is 742. The van der Waals surface area contributed by atoms with Crippen LogP contribution in [0.1, 0.15) is 19.8 Å². The maximum atomic E-state index is 14.0. The van der Waals surface area contributed by atoms with E-state index in [-0.39, 0.29) is 36.4 Å². The number of nitrogens with zero attached hydrogens (tertiary/aromatic N) is 3. The summed E-state index contributed by atoms with van der Waals surface area (Å²) >= 11 is 0. The number of hydrogen-bond donors (Lipinski definition) is 1. The summed E-state index contributed by atoms with van der Waals surface area (Å²) < 4.78 is 14.0. The van der Waals surface area contributed by atoms with Gasteiger partial charge in [0, 0.05) is 45.7 Å². The van der Waals surface area contributed by atoms with Crippen LogP contribution in [0.5, 0.6) is 0 Å². The van der Waals surface area contributed by atoms with E-state index in [2.05, 4.69) is 5.32 Å². The van der Waals surface area contributed by atoms with Crippen molar-refractivity contribution in [1.29, 1.82) is 0 Å².